The number of halogens is 6. The van der Waals surface area contributed by atoms with E-state index in [4.69, 9.17) is 38.3 Å². The molecule has 0 heterocycles. The van der Waals surface area contributed by atoms with E-state index in [1.54, 1.807) is 12.1 Å². The quantitative estimate of drug-likeness (QED) is 0.0875. The van der Waals surface area contributed by atoms with Crippen LogP contribution in [0.5, 0.6) is 0 Å². The lowest BCUT2D eigenvalue weighted by atomic mass is 10.2. The molecule has 7 nitrogen and oxygen atoms in total. The fourth-order valence-electron chi connectivity index (χ4n) is 3.03. The number of nitrogens with zero attached hydrogens (tertiary/aromatic N) is 1. The van der Waals surface area contributed by atoms with E-state index in [0.717, 1.165) is 32.7 Å². The van der Waals surface area contributed by atoms with Gasteiger partial charge >= 0.3 is 0 Å². The Kier molecular flexibility index (Phi) is 22.3. The van der Waals surface area contributed by atoms with E-state index in [2.05, 4.69) is 63.5 Å². The van der Waals surface area contributed by atoms with Gasteiger partial charge in [0.15, 0.2) is 0 Å². The molecular formula is C29H30Br2Cl4N4O3S. The molecule has 0 unspecified atom stereocenters. The molecule has 7 N–H and O–H groups in total. The summed E-state index contributed by atoms with van der Waals surface area (Å²) in [6.07, 6.45) is 0. The lowest BCUT2D eigenvalue weighted by molar-refractivity contribution is 0.0951. The molecule has 43 heavy (non-hydrogen) atoms. The Morgan fingerprint density at radius 1 is 0.791 bits per heavy atom. The second-order valence-corrected chi connectivity index (χ2v) is 12.9. The van der Waals surface area contributed by atoms with Gasteiger partial charge < -0.3 is 22.3 Å². The minimum Gasteiger partial charge on any atom is -0.400 e. The van der Waals surface area contributed by atoms with Crippen molar-refractivity contribution < 1.29 is 14.1 Å². The lowest BCUT2D eigenvalue weighted by Gasteiger charge is -2.07. The predicted molar refractivity (Wildman–Crippen MR) is 190 cm³/mol. The maximum atomic E-state index is 11.9. The zero-order chi connectivity index (χ0) is 31.5. The Morgan fingerprint density at radius 2 is 1.19 bits per heavy atom. The number of benzene rings is 4. The third kappa shape index (κ3) is 17.2. The Hall–Kier alpha value is -1.99. The van der Waals surface area contributed by atoms with Crippen LogP contribution >= 0.6 is 76.4 Å². The summed E-state index contributed by atoms with van der Waals surface area (Å²) in [6.45, 7) is 0.913. The molecule has 0 aromatic heterocycles. The highest BCUT2D eigenvalue weighted by Gasteiger charge is 2.06. The molecule has 0 aliphatic heterocycles. The van der Waals surface area contributed by atoms with Crippen LogP contribution in [0, 0.1) is 0 Å². The number of amidine groups is 1. The average Bonchev–Trinajstić information content (AvgIpc) is 2.98. The van der Waals surface area contributed by atoms with Crippen LogP contribution in [-0.2, 0) is 22.3 Å². The number of carbonyl (C=O) groups excluding carboxylic acids is 1. The number of hydrogen-bond acceptors (Lipinski definition) is 5. The maximum Gasteiger partial charge on any atom is 0.251 e. The Bertz CT molecular complexity index is 1440. The first-order chi connectivity index (χ1) is 20.1. The number of nitrogens with one attached hydrogen (secondary N) is 1. The predicted octanol–water partition coefficient (Wildman–Crippen LogP) is 8.85. The molecule has 4 aromatic rings. The van der Waals surface area contributed by atoms with Gasteiger partial charge in [0.2, 0.25) is 9.23 Å². The van der Waals surface area contributed by atoms with Crippen LogP contribution in [0.1, 0.15) is 27.0 Å². The van der Waals surface area contributed by atoms with Crippen molar-refractivity contribution >= 4 is 97.4 Å². The van der Waals surface area contributed by atoms with Gasteiger partial charge in [0.05, 0.1) is 6.54 Å². The molecule has 0 aliphatic carbocycles. The summed E-state index contributed by atoms with van der Waals surface area (Å²) in [7, 11) is 8.36. The van der Waals surface area contributed by atoms with E-state index in [1.165, 1.54) is 0 Å². The largest absolute Gasteiger partial charge is 0.400 e. The van der Waals surface area contributed by atoms with Crippen molar-refractivity contribution in [3.8, 4) is 0 Å². The van der Waals surface area contributed by atoms with Gasteiger partial charge in [0.1, 0.15) is 5.84 Å². The number of carbonyl (C=O) groups is 1. The first-order valence-corrected chi connectivity index (χ1v) is 17.0. The van der Waals surface area contributed by atoms with Crippen LogP contribution in [-0.4, -0.2) is 28.2 Å². The number of nitrogens with two attached hydrogens (primary N) is 1. The Balaban J connectivity index is 0.000000681. The van der Waals surface area contributed by atoms with Gasteiger partial charge in [-0.15, -0.1) is 0 Å². The number of aliphatic imine (C=N–C) groups is 1. The molecule has 1 amide bonds. The number of hydrogen-bond donors (Lipinski definition) is 4. The highest BCUT2D eigenvalue weighted by atomic mass is 79.9. The maximum absolute atomic E-state index is 11.9. The van der Waals surface area contributed by atoms with Gasteiger partial charge in [-0.3, -0.25) is 9.79 Å². The summed E-state index contributed by atoms with van der Waals surface area (Å²) in [5, 5.41) is 11.2. The third-order valence-electron chi connectivity index (χ3n) is 5.02. The summed E-state index contributed by atoms with van der Waals surface area (Å²) in [5.74, 6) is 0.407. The zero-order valence-electron chi connectivity index (χ0n) is 22.8. The molecule has 232 valence electrons. The first kappa shape index (κ1) is 41.0. The molecule has 0 saturated carbocycles. The van der Waals surface area contributed by atoms with E-state index in [1.807, 2.05) is 84.9 Å². The van der Waals surface area contributed by atoms with Crippen LogP contribution in [0.4, 0.5) is 0 Å². The minimum atomic E-state index is -1.67. The van der Waals surface area contributed by atoms with Crippen LogP contribution in [0.15, 0.2) is 111 Å². The van der Waals surface area contributed by atoms with Crippen molar-refractivity contribution in [1.82, 2.24) is 11.5 Å². The van der Waals surface area contributed by atoms with Crippen molar-refractivity contribution in [1.29, 1.82) is 0 Å². The van der Waals surface area contributed by atoms with E-state index in [-0.39, 0.29) is 12.1 Å². The van der Waals surface area contributed by atoms with Crippen molar-refractivity contribution in [2.75, 3.05) is 7.11 Å². The molecule has 0 atom stereocenters. The van der Waals surface area contributed by atoms with Gasteiger partial charge in [0.25, 0.3) is 5.91 Å². The minimum absolute atomic E-state index is 0. The van der Waals surface area contributed by atoms with Gasteiger partial charge in [-0.2, -0.15) is 0 Å². The van der Waals surface area contributed by atoms with Crippen LogP contribution in [0.2, 0.25) is 10.0 Å². The average molecular weight is 816 g/mol. The molecule has 0 saturated heterocycles. The second kappa shape index (κ2) is 23.4. The summed E-state index contributed by atoms with van der Waals surface area (Å²) < 4.78 is 11.1. The highest BCUT2D eigenvalue weighted by Crippen LogP contribution is 2.17. The summed E-state index contributed by atoms with van der Waals surface area (Å²) in [4.78, 5) is 16.2. The number of aliphatic hydroxyl groups is 1. The van der Waals surface area contributed by atoms with Crippen molar-refractivity contribution in [2.24, 2.45) is 10.7 Å². The van der Waals surface area contributed by atoms with E-state index in [0.29, 0.717) is 34.5 Å². The lowest BCUT2D eigenvalue weighted by Crippen LogP contribution is -2.22. The van der Waals surface area contributed by atoms with Gasteiger partial charge in [-0.1, -0.05) is 104 Å². The van der Waals surface area contributed by atoms with E-state index >= 15 is 0 Å². The Morgan fingerprint density at radius 3 is 1.63 bits per heavy atom. The fraction of sp³-hybridized carbons (Fsp3) is 0.103. The van der Waals surface area contributed by atoms with Gasteiger partial charge in [0, 0.05) is 65.1 Å². The Labute approximate surface area is 290 Å². The second-order valence-electron chi connectivity index (χ2n) is 7.77. The molecule has 0 radical (unpaired) electrons. The summed E-state index contributed by atoms with van der Waals surface area (Å²) in [6, 6.07) is 30.0. The number of amides is 1. The van der Waals surface area contributed by atoms with Crippen molar-refractivity contribution in [3.05, 3.63) is 138 Å². The molecule has 4 aromatic carbocycles. The smallest absolute Gasteiger partial charge is 0.251 e. The molecule has 14 heteroatoms. The third-order valence-corrected chi connectivity index (χ3v) is 6.82. The van der Waals surface area contributed by atoms with Crippen LogP contribution < -0.4 is 17.2 Å². The van der Waals surface area contributed by atoms with Gasteiger partial charge in [-0.25, -0.2) is 4.21 Å². The molecule has 4 rings (SSSR count). The summed E-state index contributed by atoms with van der Waals surface area (Å²) >= 11 is 18.8. The number of rotatable bonds is 6. The van der Waals surface area contributed by atoms with Crippen molar-refractivity contribution in [3.63, 3.8) is 0 Å². The first-order valence-electron chi connectivity index (χ1n) is 11.8. The summed E-state index contributed by atoms with van der Waals surface area (Å²) in [5.41, 5.74) is 9.35. The van der Waals surface area contributed by atoms with Crippen LogP contribution in [0.3, 0.4) is 0 Å². The normalized spacial score (nSPS) is 10.0. The van der Waals surface area contributed by atoms with E-state index < -0.39 is 9.23 Å². The molecular weight excluding hydrogens is 786 g/mol. The van der Waals surface area contributed by atoms with Gasteiger partial charge in [-0.05, 0) is 59.7 Å². The fourth-order valence-corrected chi connectivity index (χ4v) is 3.96. The molecule has 0 bridgehead atoms. The standard InChI is InChI=1S/C14H12BrClN2.C14H11BrClNO.CH4O.Cl2OS.H3N/c15-12-7-5-10(6-8-12)14(17)18-9-11-3-1-2-4-13(11)16;15-12-7-5-10(6-8-12)14(18)17-9-11-3-1-2-4-13(11)16;1-2;1-4(2)3;/h1-8H,9H2,(H2,17,18);1-8H,9H2,(H,17,18);2H,1H3;;1H3. The SMILES string of the molecule is CO.N.NC(=NCc1ccccc1Cl)c1ccc(Br)cc1.O=C(NCc1ccccc1Cl)c1ccc(Br)cc1.O=S(Cl)Cl. The monoisotopic (exact) mass is 812 g/mol. The van der Waals surface area contributed by atoms with Crippen LogP contribution in [0.25, 0.3) is 0 Å². The molecule has 0 aliphatic rings. The molecule has 0 spiro atoms. The number of aliphatic hydroxyl groups excluding tert-OH is 1. The molecule has 0 fully saturated rings. The van der Waals surface area contributed by atoms with Crippen molar-refractivity contribution in [2.45, 2.75) is 13.1 Å². The zero-order valence-corrected chi connectivity index (χ0v) is 29.8. The van der Waals surface area contributed by atoms with E-state index in [9.17, 15) is 4.79 Å². The topological polar surface area (TPSA) is 140 Å². The highest BCUT2D eigenvalue weighted by molar-refractivity contribution is 9.10.